The van der Waals surface area contributed by atoms with E-state index in [1.165, 1.54) is 16.7 Å². The lowest BCUT2D eigenvalue weighted by Crippen LogP contribution is -2.44. The van der Waals surface area contributed by atoms with Crippen LogP contribution in [0.25, 0.3) is 0 Å². The lowest BCUT2D eigenvalue weighted by molar-refractivity contribution is -0.119. The van der Waals surface area contributed by atoms with E-state index in [0.717, 1.165) is 57.7 Å². The van der Waals surface area contributed by atoms with Gasteiger partial charge >= 0.3 is 0 Å². The fourth-order valence-corrected chi connectivity index (χ4v) is 4.37. The summed E-state index contributed by atoms with van der Waals surface area (Å²) in [6.45, 7) is 11.7. The van der Waals surface area contributed by atoms with Gasteiger partial charge in [-0.2, -0.15) is 0 Å². The first kappa shape index (κ1) is 25.1. The van der Waals surface area contributed by atoms with Gasteiger partial charge < -0.3 is 10.1 Å². The molecular formula is C29H39N3O. The molecule has 0 bridgehead atoms. The van der Waals surface area contributed by atoms with Crippen molar-refractivity contribution in [3.63, 3.8) is 0 Å². The van der Waals surface area contributed by atoms with E-state index in [9.17, 15) is 0 Å². The normalized spacial score (nSPS) is 16.0. The molecule has 33 heavy (non-hydrogen) atoms. The molecule has 0 aliphatic carbocycles. The molecule has 0 radical (unpaired) electrons. The van der Waals surface area contributed by atoms with Gasteiger partial charge in [0.05, 0.1) is 13.2 Å². The third-order valence-corrected chi connectivity index (χ3v) is 6.89. The number of hydrogen-bond donors (Lipinski definition) is 1. The first-order valence-corrected chi connectivity index (χ1v) is 12.0. The molecule has 3 rings (SSSR count). The van der Waals surface area contributed by atoms with Crippen molar-refractivity contribution in [3.8, 4) is 0 Å². The third kappa shape index (κ3) is 6.96. The highest BCUT2D eigenvalue weighted by Crippen LogP contribution is 2.35. The van der Waals surface area contributed by atoms with Gasteiger partial charge in [-0.15, -0.1) is 0 Å². The number of hydrogen-bond acceptors (Lipinski definition) is 4. The fourth-order valence-electron chi connectivity index (χ4n) is 4.37. The standard InChI is InChI=1S/C29H39N3O/c1-28(2,25-8-6-5-7-9-25)26-13-10-24(11-14-26)12-15-27(16-19-30-3)32-21-18-29(17-20-31-4)22-33-23-29/h5-11,13-14,16,19,31H,3,12,15,17-18,20-23H2,1-2,4H3/b19-16-,32-27?. The van der Waals surface area contributed by atoms with Crippen LogP contribution in [0.2, 0.25) is 0 Å². The summed E-state index contributed by atoms with van der Waals surface area (Å²) in [4.78, 5) is 8.80. The molecule has 1 aliphatic heterocycles. The topological polar surface area (TPSA) is 46.0 Å². The van der Waals surface area contributed by atoms with E-state index in [-0.39, 0.29) is 5.41 Å². The summed E-state index contributed by atoms with van der Waals surface area (Å²) in [6.07, 6.45) is 7.81. The zero-order valence-corrected chi connectivity index (χ0v) is 20.5. The summed E-state index contributed by atoms with van der Waals surface area (Å²) in [5, 5.41) is 3.26. The average molecular weight is 446 g/mol. The Morgan fingerprint density at radius 3 is 2.36 bits per heavy atom. The molecule has 0 saturated carbocycles. The van der Waals surface area contributed by atoms with Crippen LogP contribution in [0.1, 0.15) is 49.8 Å². The number of nitrogens with zero attached hydrogens (tertiary/aromatic N) is 2. The van der Waals surface area contributed by atoms with Gasteiger partial charge in [0.2, 0.25) is 0 Å². The van der Waals surface area contributed by atoms with Crippen LogP contribution in [0.3, 0.4) is 0 Å². The zero-order chi connectivity index (χ0) is 23.6. The SMILES string of the molecule is C=N/C=C\C(CCc1ccc(C(C)(C)c2ccccc2)cc1)=NCCC1(CCNC)COC1. The van der Waals surface area contributed by atoms with Crippen molar-refractivity contribution in [2.75, 3.05) is 33.4 Å². The van der Waals surface area contributed by atoms with Gasteiger partial charge in [0.1, 0.15) is 0 Å². The molecule has 4 nitrogen and oxygen atoms in total. The van der Waals surface area contributed by atoms with E-state index in [0.29, 0.717) is 5.41 Å². The molecule has 1 aliphatic rings. The van der Waals surface area contributed by atoms with E-state index in [4.69, 9.17) is 9.73 Å². The Bertz CT molecular complexity index is 925. The van der Waals surface area contributed by atoms with Crippen LogP contribution in [0.15, 0.2) is 76.9 Å². The maximum atomic E-state index is 5.51. The largest absolute Gasteiger partial charge is 0.380 e. The predicted octanol–water partition coefficient (Wildman–Crippen LogP) is 5.62. The molecule has 4 heteroatoms. The average Bonchev–Trinajstić information content (AvgIpc) is 2.82. The van der Waals surface area contributed by atoms with Crippen LogP contribution in [0, 0.1) is 5.41 Å². The van der Waals surface area contributed by atoms with E-state index < -0.39 is 0 Å². The Kier molecular flexibility index (Phi) is 9.16. The minimum absolute atomic E-state index is 0.0146. The van der Waals surface area contributed by atoms with Gasteiger partial charge in [-0.3, -0.25) is 9.98 Å². The van der Waals surface area contributed by atoms with E-state index in [1.54, 1.807) is 6.20 Å². The zero-order valence-electron chi connectivity index (χ0n) is 20.5. The van der Waals surface area contributed by atoms with Crippen LogP contribution in [-0.4, -0.2) is 45.8 Å². The van der Waals surface area contributed by atoms with Crippen LogP contribution in [0.5, 0.6) is 0 Å². The smallest absolute Gasteiger partial charge is 0.0545 e. The van der Waals surface area contributed by atoms with Crippen molar-refractivity contribution in [1.29, 1.82) is 0 Å². The van der Waals surface area contributed by atoms with Crippen LogP contribution in [0.4, 0.5) is 0 Å². The number of aliphatic imine (C=N–C) groups is 2. The van der Waals surface area contributed by atoms with Gasteiger partial charge in [-0.25, -0.2) is 0 Å². The van der Waals surface area contributed by atoms with E-state index in [2.05, 4.69) is 85.5 Å². The maximum Gasteiger partial charge on any atom is 0.0545 e. The van der Waals surface area contributed by atoms with Gasteiger partial charge in [0.25, 0.3) is 0 Å². The Morgan fingerprint density at radius 2 is 1.76 bits per heavy atom. The first-order valence-electron chi connectivity index (χ1n) is 12.0. The molecule has 1 fully saturated rings. The molecule has 1 N–H and O–H groups in total. The molecule has 0 atom stereocenters. The molecule has 2 aromatic carbocycles. The van der Waals surface area contributed by atoms with E-state index in [1.807, 2.05) is 13.1 Å². The molecule has 0 spiro atoms. The van der Waals surface area contributed by atoms with Gasteiger partial charge in [-0.1, -0.05) is 68.4 Å². The van der Waals surface area contributed by atoms with Gasteiger partial charge in [0, 0.05) is 29.3 Å². The summed E-state index contributed by atoms with van der Waals surface area (Å²) in [6, 6.07) is 19.7. The number of allylic oxidation sites excluding steroid dienone is 1. The highest BCUT2D eigenvalue weighted by molar-refractivity contribution is 5.95. The van der Waals surface area contributed by atoms with Gasteiger partial charge in [0.15, 0.2) is 0 Å². The van der Waals surface area contributed by atoms with Crippen molar-refractivity contribution < 1.29 is 4.74 Å². The molecule has 1 saturated heterocycles. The number of ether oxygens (including phenoxy) is 1. The van der Waals surface area contributed by atoms with Crippen molar-refractivity contribution in [3.05, 3.63) is 83.6 Å². The third-order valence-electron chi connectivity index (χ3n) is 6.89. The molecule has 176 valence electrons. The predicted molar refractivity (Wildman–Crippen MR) is 141 cm³/mol. The molecule has 0 unspecified atom stereocenters. The first-order chi connectivity index (χ1) is 16.0. The Balaban J connectivity index is 1.59. The lowest BCUT2D eigenvalue weighted by atomic mass is 9.78. The van der Waals surface area contributed by atoms with Crippen LogP contribution in [-0.2, 0) is 16.6 Å². The molecule has 0 aromatic heterocycles. The number of nitrogens with one attached hydrogen (secondary N) is 1. The Morgan fingerprint density at radius 1 is 1.06 bits per heavy atom. The highest BCUT2D eigenvalue weighted by Gasteiger charge is 2.37. The summed E-state index contributed by atoms with van der Waals surface area (Å²) in [5.74, 6) is 0. The summed E-state index contributed by atoms with van der Waals surface area (Å²) in [5.41, 5.74) is 5.35. The molecular weight excluding hydrogens is 406 g/mol. The van der Waals surface area contributed by atoms with Crippen molar-refractivity contribution in [1.82, 2.24) is 5.32 Å². The second-order valence-corrected chi connectivity index (χ2v) is 9.66. The second kappa shape index (κ2) is 12.1. The quantitative estimate of drug-likeness (QED) is 0.407. The molecule has 2 aromatic rings. The van der Waals surface area contributed by atoms with Crippen LogP contribution >= 0.6 is 0 Å². The van der Waals surface area contributed by atoms with Crippen molar-refractivity contribution in [2.45, 2.75) is 44.9 Å². The number of rotatable bonds is 13. The Hall–Kier alpha value is -2.56. The molecule has 0 amide bonds. The minimum atomic E-state index is -0.0146. The van der Waals surface area contributed by atoms with E-state index >= 15 is 0 Å². The summed E-state index contributed by atoms with van der Waals surface area (Å²) >= 11 is 0. The summed E-state index contributed by atoms with van der Waals surface area (Å²) in [7, 11) is 2.01. The fraction of sp³-hybridized carbons (Fsp3) is 0.448. The number of benzene rings is 2. The van der Waals surface area contributed by atoms with Crippen molar-refractivity contribution in [2.24, 2.45) is 15.4 Å². The maximum absolute atomic E-state index is 5.51. The highest BCUT2D eigenvalue weighted by atomic mass is 16.5. The Labute approximate surface area is 199 Å². The summed E-state index contributed by atoms with van der Waals surface area (Å²) < 4.78 is 5.51. The van der Waals surface area contributed by atoms with Crippen LogP contribution < -0.4 is 5.32 Å². The van der Waals surface area contributed by atoms with Crippen molar-refractivity contribution >= 4 is 12.4 Å². The number of aryl methyl sites for hydroxylation is 1. The second-order valence-electron chi connectivity index (χ2n) is 9.66. The van der Waals surface area contributed by atoms with Gasteiger partial charge in [-0.05, 0) is 68.8 Å². The lowest BCUT2D eigenvalue weighted by Gasteiger charge is -2.41. The minimum Gasteiger partial charge on any atom is -0.380 e. The monoisotopic (exact) mass is 445 g/mol. The molecule has 1 heterocycles.